The van der Waals surface area contributed by atoms with Crippen LogP contribution in [0.5, 0.6) is 0 Å². The van der Waals surface area contributed by atoms with Gasteiger partial charge in [0.15, 0.2) is 0 Å². The van der Waals surface area contributed by atoms with Crippen molar-refractivity contribution in [2.45, 2.75) is 129 Å². The average Bonchev–Trinajstić information content (AvgIpc) is 0.797. The molecule has 0 bridgehead atoms. The first-order valence-electron chi connectivity index (χ1n) is 35.3. The number of pyridine rings is 4. The topological polar surface area (TPSA) is 219 Å². The van der Waals surface area contributed by atoms with Crippen LogP contribution in [0.1, 0.15) is 90.9 Å². The van der Waals surface area contributed by atoms with Crippen molar-refractivity contribution in [3.63, 3.8) is 0 Å². The second-order valence-electron chi connectivity index (χ2n) is 26.3. The molecule has 16 rings (SSSR count). The van der Waals surface area contributed by atoms with Crippen LogP contribution >= 0.6 is 63.0 Å². The van der Waals surface area contributed by atoms with Gasteiger partial charge >= 0.3 is 31.0 Å². The van der Waals surface area contributed by atoms with E-state index in [2.05, 4.69) is 41.9 Å². The van der Waals surface area contributed by atoms with Crippen molar-refractivity contribution in [2.24, 2.45) is 0 Å². The highest BCUT2D eigenvalue weighted by Gasteiger charge is 2.49. The maximum atomic E-state index is 14.2. The summed E-state index contributed by atoms with van der Waals surface area (Å²) in [6.07, 6.45) is 17.0. The number of carboxylic acids is 2. The van der Waals surface area contributed by atoms with Crippen LogP contribution in [0.25, 0.3) is 77.0 Å². The van der Waals surface area contributed by atoms with Gasteiger partial charge < -0.3 is 29.7 Å². The predicted octanol–water partition coefficient (Wildman–Crippen LogP) is 20.0. The molecular weight excluding hydrogens is 1520 g/mol. The lowest BCUT2D eigenvalue weighted by molar-refractivity contribution is -0.149. The van der Waals surface area contributed by atoms with E-state index < -0.39 is 43.9 Å². The molecule has 4 N–H and O–H groups in total. The lowest BCUT2D eigenvalue weighted by Gasteiger charge is -2.38. The summed E-state index contributed by atoms with van der Waals surface area (Å²) in [6, 6.07) is 56.1. The van der Waals surface area contributed by atoms with Crippen molar-refractivity contribution in [1.82, 2.24) is 19.9 Å². The third-order valence-electron chi connectivity index (χ3n) is 19.4. The first-order chi connectivity index (χ1) is 52.2. The van der Waals surface area contributed by atoms with Crippen LogP contribution in [-0.2, 0) is 28.7 Å². The quantitative estimate of drug-likeness (QED) is 0.0356. The number of aromatic nitrogens is 4. The Kier molecular flexibility index (Phi) is 25.5. The number of hydrogen-bond donors (Lipinski definition) is 4. The Morgan fingerprint density at radius 2 is 0.685 bits per heavy atom. The number of benzene rings is 8. The van der Waals surface area contributed by atoms with Gasteiger partial charge in [0, 0.05) is 92.5 Å². The summed E-state index contributed by atoms with van der Waals surface area (Å²) in [7, 11) is -1.72. The molecule has 4 fully saturated rings. The van der Waals surface area contributed by atoms with E-state index >= 15 is 0 Å². The molecule has 14 nitrogen and oxygen atoms in total. The van der Waals surface area contributed by atoms with Crippen molar-refractivity contribution < 1.29 is 66.5 Å². The number of carboxylic acid groups (broad SMARTS) is 2. The van der Waals surface area contributed by atoms with Crippen molar-refractivity contribution in [2.75, 3.05) is 13.2 Å². The monoisotopic (exact) mass is 1590 g/mol. The summed E-state index contributed by atoms with van der Waals surface area (Å²) >= 11 is 9.47. The molecule has 108 heavy (non-hydrogen) atoms. The number of carbonyl (C=O) groups is 4. The highest BCUT2D eigenvalue weighted by atomic mass is 79.9. The zero-order valence-corrected chi connectivity index (χ0v) is 63.7. The first kappa shape index (κ1) is 78.4. The van der Waals surface area contributed by atoms with E-state index in [1.807, 2.05) is 111 Å². The molecule has 0 spiro atoms. The number of aliphatic carboxylic acids is 2. The van der Waals surface area contributed by atoms with Crippen molar-refractivity contribution in [1.29, 1.82) is 0 Å². The van der Waals surface area contributed by atoms with Gasteiger partial charge in [-0.25, -0.2) is 17.6 Å². The minimum atomic E-state index is -1.72. The highest BCUT2D eigenvalue weighted by molar-refractivity contribution is 9.10. The molecule has 4 aliphatic rings. The third kappa shape index (κ3) is 17.6. The zero-order valence-electron chi connectivity index (χ0n) is 58.8. The Labute approximate surface area is 647 Å². The Bertz CT molecular complexity index is 5150. The Balaban J connectivity index is 0.000000129. The van der Waals surface area contributed by atoms with Crippen LogP contribution in [0.15, 0.2) is 243 Å². The summed E-state index contributed by atoms with van der Waals surface area (Å²) < 4.78 is 64.2. The Morgan fingerprint density at radius 3 is 0.954 bits per heavy atom. The zero-order chi connectivity index (χ0) is 76.2. The van der Waals surface area contributed by atoms with Crippen LogP contribution < -0.4 is 5.46 Å². The molecule has 0 saturated heterocycles. The second kappa shape index (κ2) is 35.0. The molecule has 4 saturated carbocycles. The van der Waals surface area contributed by atoms with E-state index in [9.17, 15) is 47.0 Å². The van der Waals surface area contributed by atoms with Crippen molar-refractivity contribution >= 4 is 143 Å². The number of hydrogen-bond acceptors (Lipinski definition) is 16. The van der Waals surface area contributed by atoms with E-state index in [4.69, 9.17) is 19.5 Å². The summed E-state index contributed by atoms with van der Waals surface area (Å²) in [5.41, 5.74) is 7.19. The van der Waals surface area contributed by atoms with Gasteiger partial charge in [-0.3, -0.25) is 39.1 Å². The fourth-order valence-corrected chi connectivity index (χ4v) is 18.9. The summed E-state index contributed by atoms with van der Waals surface area (Å²) in [5.74, 6) is -3.16. The second-order valence-corrected chi connectivity index (χ2v) is 32.9. The molecular formula is C84H74BBrF4N4O10S4. The van der Waals surface area contributed by atoms with Crippen LogP contribution in [0.2, 0.25) is 0 Å². The van der Waals surface area contributed by atoms with Gasteiger partial charge in [-0.1, -0.05) is 107 Å². The average molecular weight is 1590 g/mol. The largest absolute Gasteiger partial charge is 0.491 e. The van der Waals surface area contributed by atoms with Crippen LogP contribution in [0.4, 0.5) is 17.6 Å². The molecule has 0 radical (unpaired) electrons. The predicted molar refractivity (Wildman–Crippen MR) is 425 cm³/mol. The minimum Gasteiger partial charge on any atom is -0.480 e. The SMILES string of the molecule is CCOC(=O)C1(Sc2ccnc3ccc(-c4ccccc4F)cc23)CCC1.CCOC(=O)C1(Sc2ccnc3ccc(Br)cc23)CCC1.O=C(O)C1(Sc2ccnc3ccc(-c4ccccc4F)cc23)CCC1.O=C(O)C1(Sc2ccnc3ccc(-c4ccccc4F)cc23)CCC1.OB(O)c1ccccc1F. The fourth-order valence-electron chi connectivity index (χ4n) is 12.9. The number of carbonyl (C=O) groups excluding carboxylic acids is 2. The molecule has 0 unspecified atom stereocenters. The number of ether oxygens (including phenoxy) is 2. The first-order valence-corrected chi connectivity index (χ1v) is 39.4. The Hall–Kier alpha value is -9.14. The Morgan fingerprint density at radius 1 is 0.398 bits per heavy atom. The smallest absolute Gasteiger partial charge is 0.480 e. The summed E-state index contributed by atoms with van der Waals surface area (Å²) in [4.78, 5) is 69.6. The normalized spacial score (nSPS) is 15.2. The minimum absolute atomic E-state index is 0.0822. The summed E-state index contributed by atoms with van der Waals surface area (Å²) in [6.45, 7) is 4.50. The van der Waals surface area contributed by atoms with Crippen LogP contribution in [0, 0.1) is 23.3 Å². The molecule has 0 amide bonds. The molecule has 12 aromatic rings. The van der Waals surface area contributed by atoms with Crippen LogP contribution in [-0.4, -0.2) is 103 Å². The van der Waals surface area contributed by atoms with Crippen LogP contribution in [0.3, 0.4) is 0 Å². The maximum absolute atomic E-state index is 14.2. The summed E-state index contributed by atoms with van der Waals surface area (Å²) in [5, 5.41) is 40.0. The molecule has 24 heteroatoms. The van der Waals surface area contributed by atoms with Gasteiger partial charge in [-0.05, 0) is 211 Å². The number of nitrogens with zero attached hydrogens (tertiary/aromatic N) is 4. The lowest BCUT2D eigenvalue weighted by Crippen LogP contribution is -2.43. The van der Waals surface area contributed by atoms with E-state index in [-0.39, 0.29) is 34.9 Å². The van der Waals surface area contributed by atoms with Gasteiger partial charge in [0.1, 0.15) is 42.3 Å². The standard InChI is InChI=1S/C22H20FNO2S.2C20H16FNO2S.C16H16BrNO2S.C6H6BFO2/c1-2-26-21(25)22(11-5-12-22)27-20-10-13-24-19-9-8-15(14-17(19)20)16-6-3-4-7-18(16)23;2*21-16-5-2-1-4-14(16)13-6-7-17-15(12-13)18(8-11-22-17)25-20(19(23)24)9-3-10-20;1-2-20-15(19)16(7-3-8-16)21-14-6-9-18-13-5-4-11(17)10-12(13)14;8-6-4-2-1-3-5(6)7(9)10/h3-4,6-10,13-14H,2,5,11-12H2,1H3;2*1-2,4-8,11-12H,3,9-10H2,(H,23,24);4-6,9-10H,2-3,7-8H2,1H3;1-4,9-10H. The maximum Gasteiger partial charge on any atom is 0.491 e. The number of esters is 2. The van der Waals surface area contributed by atoms with Gasteiger partial charge in [0.25, 0.3) is 0 Å². The molecule has 4 heterocycles. The lowest BCUT2D eigenvalue weighted by atomic mass is 9.80. The van der Waals surface area contributed by atoms with E-state index in [1.165, 1.54) is 66.0 Å². The van der Waals surface area contributed by atoms with E-state index in [0.29, 0.717) is 55.6 Å². The fraction of sp³-hybridized carbons (Fsp3) is 0.238. The molecule has 8 aromatic carbocycles. The van der Waals surface area contributed by atoms with Crippen molar-refractivity contribution in [3.05, 3.63) is 247 Å². The van der Waals surface area contributed by atoms with Gasteiger partial charge in [0.2, 0.25) is 0 Å². The number of halogens is 5. The van der Waals surface area contributed by atoms with E-state index in [1.54, 1.807) is 96.8 Å². The van der Waals surface area contributed by atoms with E-state index in [0.717, 1.165) is 136 Å². The van der Waals surface area contributed by atoms with Gasteiger partial charge in [0.05, 0.1) is 35.3 Å². The molecule has 0 atom stereocenters. The van der Waals surface area contributed by atoms with Crippen molar-refractivity contribution in [3.8, 4) is 33.4 Å². The third-order valence-corrected chi connectivity index (χ3v) is 26.1. The van der Waals surface area contributed by atoms with Gasteiger partial charge in [-0.2, -0.15) is 0 Å². The number of thioether (sulfide) groups is 4. The molecule has 4 aliphatic carbocycles. The number of rotatable bonds is 18. The highest BCUT2D eigenvalue weighted by Crippen LogP contribution is 2.54. The molecule has 4 aromatic heterocycles. The molecule has 0 aliphatic heterocycles. The number of fused-ring (bicyclic) bond motifs is 4. The molecule has 552 valence electrons. The van der Waals surface area contributed by atoms with Gasteiger partial charge in [-0.15, -0.1) is 47.0 Å².